The van der Waals surface area contributed by atoms with Gasteiger partial charge in [-0.25, -0.2) is 17.9 Å². The van der Waals surface area contributed by atoms with Crippen LogP contribution in [0.2, 0.25) is 5.02 Å². The monoisotopic (exact) mass is 377 g/mol. The van der Waals surface area contributed by atoms with Crippen LogP contribution in [-0.4, -0.2) is 8.42 Å². The van der Waals surface area contributed by atoms with Gasteiger partial charge in [0.15, 0.2) is 0 Å². The molecule has 6 heteroatoms. The second-order valence-electron chi connectivity index (χ2n) is 7.01. The largest absolute Gasteiger partial charge is 0.238 e. The molecule has 1 saturated carbocycles. The van der Waals surface area contributed by atoms with Crippen molar-refractivity contribution in [1.82, 2.24) is 0 Å². The van der Waals surface area contributed by atoms with Crippen LogP contribution in [-0.2, 0) is 10.0 Å². The smallest absolute Gasteiger partial charge is 0.225 e. The Morgan fingerprint density at radius 3 is 2.04 bits per heavy atom. The number of benzene rings is 2. The molecule has 0 atom stereocenters. The Labute approximate surface area is 151 Å². The molecule has 1 spiro atoms. The van der Waals surface area contributed by atoms with Crippen LogP contribution in [0.5, 0.6) is 0 Å². The van der Waals surface area contributed by atoms with Gasteiger partial charge in [-0.1, -0.05) is 29.8 Å². The third-order valence-electron chi connectivity index (χ3n) is 5.22. The van der Waals surface area contributed by atoms with Crippen molar-refractivity contribution in [2.24, 2.45) is 10.6 Å². The van der Waals surface area contributed by atoms with Crippen molar-refractivity contribution in [1.29, 1.82) is 0 Å². The summed E-state index contributed by atoms with van der Waals surface area (Å²) >= 11 is 5.81. The van der Waals surface area contributed by atoms with Crippen LogP contribution in [0.3, 0.4) is 0 Å². The highest BCUT2D eigenvalue weighted by Crippen LogP contribution is 2.63. The lowest BCUT2D eigenvalue weighted by molar-refractivity contribution is 0.568. The molecule has 2 N–H and O–H groups in total. The van der Waals surface area contributed by atoms with Gasteiger partial charge in [0.1, 0.15) is 5.82 Å². The molecule has 0 unspecified atom stereocenters. The van der Waals surface area contributed by atoms with Gasteiger partial charge < -0.3 is 0 Å². The molecular weight excluding hydrogens is 361 g/mol. The van der Waals surface area contributed by atoms with Crippen LogP contribution in [0.25, 0.3) is 11.1 Å². The van der Waals surface area contributed by atoms with E-state index in [2.05, 4.69) is 0 Å². The number of halogens is 2. The third-order valence-corrected chi connectivity index (χ3v) is 6.46. The maximum Gasteiger partial charge on any atom is 0.238 e. The fraction of sp³-hybridized carbons (Fsp3) is 0.263. The zero-order chi connectivity index (χ0) is 17.8. The summed E-state index contributed by atoms with van der Waals surface area (Å²) in [5, 5.41) is 5.28. The van der Waals surface area contributed by atoms with Crippen molar-refractivity contribution in [2.45, 2.75) is 30.6 Å². The highest BCUT2D eigenvalue weighted by molar-refractivity contribution is 7.89. The molecule has 2 aromatic carbocycles. The fourth-order valence-electron chi connectivity index (χ4n) is 3.64. The van der Waals surface area contributed by atoms with Crippen LogP contribution in [0, 0.1) is 11.2 Å². The van der Waals surface area contributed by atoms with E-state index in [0.717, 1.165) is 35.1 Å². The number of sulfonamides is 1. The fourth-order valence-corrected chi connectivity index (χ4v) is 4.27. The van der Waals surface area contributed by atoms with E-state index in [0.29, 0.717) is 5.41 Å². The quantitative estimate of drug-likeness (QED) is 0.848. The number of hydrogen-bond acceptors (Lipinski definition) is 2. The molecule has 0 saturated heterocycles. The van der Waals surface area contributed by atoms with Gasteiger partial charge >= 0.3 is 0 Å². The highest BCUT2D eigenvalue weighted by Gasteiger charge is 2.48. The van der Waals surface area contributed by atoms with E-state index >= 15 is 0 Å². The minimum absolute atomic E-state index is 0.0927. The predicted octanol–water partition coefficient (Wildman–Crippen LogP) is 4.61. The summed E-state index contributed by atoms with van der Waals surface area (Å²) in [6, 6.07) is 11.5. The molecule has 2 aliphatic rings. The summed E-state index contributed by atoms with van der Waals surface area (Å²) in [6.45, 7) is 0. The van der Waals surface area contributed by atoms with Crippen molar-refractivity contribution < 1.29 is 12.8 Å². The Morgan fingerprint density at radius 1 is 0.960 bits per heavy atom. The number of rotatable bonds is 3. The van der Waals surface area contributed by atoms with Gasteiger partial charge in [-0.2, -0.15) is 0 Å². The Morgan fingerprint density at radius 2 is 1.52 bits per heavy atom. The van der Waals surface area contributed by atoms with Gasteiger partial charge in [-0.15, -0.1) is 0 Å². The lowest BCUT2D eigenvalue weighted by atomic mass is 9.97. The number of nitrogens with two attached hydrogens (primary N) is 1. The minimum Gasteiger partial charge on any atom is -0.225 e. The summed E-state index contributed by atoms with van der Waals surface area (Å²) in [6.07, 6.45) is 4.19. The summed E-state index contributed by atoms with van der Waals surface area (Å²) in [7, 11) is -3.71. The zero-order valence-corrected chi connectivity index (χ0v) is 15.0. The lowest BCUT2D eigenvalue weighted by Gasteiger charge is -2.10. The predicted molar refractivity (Wildman–Crippen MR) is 96.9 cm³/mol. The molecule has 3 nitrogen and oxygen atoms in total. The molecule has 0 aliphatic heterocycles. The maximum atomic E-state index is 13.9. The molecule has 2 aromatic rings. The van der Waals surface area contributed by atoms with Gasteiger partial charge in [0.05, 0.1) is 9.92 Å². The Kier molecular flexibility index (Phi) is 3.79. The number of primary sulfonamides is 1. The van der Waals surface area contributed by atoms with Crippen molar-refractivity contribution in [2.75, 3.05) is 0 Å². The standard InChI is InChI=1S/C19H17ClFNO2S/c20-17-6-3-13(9-18(17)21)16-11-19(7-8-19)10-15(16)12-1-4-14(5-2-12)25(22,23)24/h1-6,9H,7-8,10-11H2,(H2,22,23,24). The van der Waals surface area contributed by atoms with Gasteiger partial charge in [0.25, 0.3) is 0 Å². The summed E-state index contributed by atoms with van der Waals surface area (Å²) in [5.74, 6) is -0.424. The lowest BCUT2D eigenvalue weighted by Crippen LogP contribution is -2.11. The molecule has 25 heavy (non-hydrogen) atoms. The van der Waals surface area contributed by atoms with Gasteiger partial charge in [-0.05, 0) is 77.6 Å². The van der Waals surface area contributed by atoms with Gasteiger partial charge in [0.2, 0.25) is 10.0 Å². The molecular formula is C19H17ClFNO2S. The van der Waals surface area contributed by atoms with Crippen molar-refractivity contribution in [3.63, 3.8) is 0 Å². The molecule has 2 aliphatic carbocycles. The van der Waals surface area contributed by atoms with Crippen LogP contribution >= 0.6 is 11.6 Å². The number of allylic oxidation sites excluding steroid dienone is 2. The third kappa shape index (κ3) is 3.12. The first-order valence-electron chi connectivity index (χ1n) is 8.08. The van der Waals surface area contributed by atoms with Crippen molar-refractivity contribution >= 4 is 32.8 Å². The maximum absolute atomic E-state index is 13.9. The average molecular weight is 378 g/mol. The van der Waals surface area contributed by atoms with Crippen LogP contribution in [0.4, 0.5) is 4.39 Å². The first-order valence-corrected chi connectivity index (χ1v) is 10.0. The Bertz CT molecular complexity index is 993. The molecule has 0 bridgehead atoms. The molecule has 1 fully saturated rings. The van der Waals surface area contributed by atoms with E-state index in [1.807, 2.05) is 6.07 Å². The normalized spacial score (nSPS) is 18.8. The molecule has 0 amide bonds. The van der Waals surface area contributed by atoms with E-state index in [1.165, 1.54) is 31.0 Å². The van der Waals surface area contributed by atoms with Crippen molar-refractivity contribution in [3.05, 3.63) is 64.4 Å². The molecule has 0 heterocycles. The van der Waals surface area contributed by atoms with Crippen LogP contribution < -0.4 is 5.14 Å². The second-order valence-corrected chi connectivity index (χ2v) is 8.98. The molecule has 0 aromatic heterocycles. The van der Waals surface area contributed by atoms with Crippen LogP contribution in [0.15, 0.2) is 47.4 Å². The summed E-state index contributed by atoms with van der Waals surface area (Å²) in [4.78, 5) is 0.0927. The highest BCUT2D eigenvalue weighted by atomic mass is 35.5. The van der Waals surface area contributed by atoms with E-state index < -0.39 is 15.8 Å². The summed E-state index contributed by atoms with van der Waals surface area (Å²) in [5.41, 5.74) is 4.37. The van der Waals surface area contributed by atoms with E-state index in [4.69, 9.17) is 16.7 Å². The number of hydrogen-bond donors (Lipinski definition) is 1. The first kappa shape index (κ1) is 16.8. The average Bonchev–Trinajstić information content (AvgIpc) is 3.20. The Hall–Kier alpha value is -1.69. The minimum atomic E-state index is -3.71. The van der Waals surface area contributed by atoms with Crippen molar-refractivity contribution in [3.8, 4) is 0 Å². The molecule has 0 radical (unpaired) electrons. The SMILES string of the molecule is NS(=O)(=O)c1ccc(C2=C(c3ccc(Cl)c(F)c3)CC3(CC3)C2)cc1. The first-order chi connectivity index (χ1) is 11.8. The van der Waals surface area contributed by atoms with E-state index in [-0.39, 0.29) is 9.92 Å². The summed E-state index contributed by atoms with van der Waals surface area (Å²) < 4.78 is 36.8. The van der Waals surface area contributed by atoms with Crippen LogP contribution in [0.1, 0.15) is 36.8 Å². The van der Waals surface area contributed by atoms with E-state index in [9.17, 15) is 12.8 Å². The zero-order valence-electron chi connectivity index (χ0n) is 13.4. The van der Waals surface area contributed by atoms with Gasteiger partial charge in [0, 0.05) is 0 Å². The Balaban J connectivity index is 1.79. The topological polar surface area (TPSA) is 60.2 Å². The molecule has 130 valence electrons. The second kappa shape index (κ2) is 5.66. The van der Waals surface area contributed by atoms with E-state index in [1.54, 1.807) is 18.2 Å². The molecule has 4 rings (SSSR count). The van der Waals surface area contributed by atoms with Gasteiger partial charge in [-0.3, -0.25) is 0 Å².